The number of H-pyrrole nitrogens is 1. The van der Waals surface area contributed by atoms with Crippen LogP contribution in [0.4, 0.5) is 5.69 Å². The van der Waals surface area contributed by atoms with Crippen molar-refractivity contribution in [1.29, 1.82) is 0 Å². The van der Waals surface area contributed by atoms with Crippen molar-refractivity contribution < 1.29 is 0 Å². The van der Waals surface area contributed by atoms with E-state index < -0.39 is 0 Å². The van der Waals surface area contributed by atoms with Crippen LogP contribution in [0.5, 0.6) is 0 Å². The van der Waals surface area contributed by atoms with E-state index in [1.54, 1.807) is 0 Å². The molecule has 0 spiro atoms. The van der Waals surface area contributed by atoms with Gasteiger partial charge in [-0.2, -0.15) is 5.10 Å². The number of aryl methyl sites for hydroxylation is 1. The van der Waals surface area contributed by atoms with Crippen LogP contribution in [0, 0.1) is 13.8 Å². The summed E-state index contributed by atoms with van der Waals surface area (Å²) < 4.78 is 0. The fourth-order valence-corrected chi connectivity index (χ4v) is 1.59. The second kappa shape index (κ2) is 3.77. The number of aromatic amines is 1. The molecule has 78 valence electrons. The molecule has 0 atom stereocenters. The first-order valence-corrected chi connectivity index (χ1v) is 5.02. The fourth-order valence-electron chi connectivity index (χ4n) is 1.59. The van der Waals surface area contributed by atoms with Gasteiger partial charge in [0.1, 0.15) is 0 Å². The van der Waals surface area contributed by atoms with Crippen LogP contribution in [0.15, 0.2) is 24.3 Å². The molecule has 0 unspecified atom stereocenters. The quantitative estimate of drug-likeness (QED) is 0.784. The molecular formula is C12H15N3. The Morgan fingerprint density at radius 1 is 1.27 bits per heavy atom. The summed E-state index contributed by atoms with van der Waals surface area (Å²) in [5, 5.41) is 10.4. The van der Waals surface area contributed by atoms with Crippen molar-refractivity contribution >= 4 is 5.69 Å². The van der Waals surface area contributed by atoms with Crippen molar-refractivity contribution in [1.82, 2.24) is 10.2 Å². The van der Waals surface area contributed by atoms with Crippen LogP contribution < -0.4 is 5.32 Å². The summed E-state index contributed by atoms with van der Waals surface area (Å²) in [4.78, 5) is 0. The molecule has 1 aromatic heterocycles. The van der Waals surface area contributed by atoms with E-state index in [4.69, 9.17) is 0 Å². The van der Waals surface area contributed by atoms with Gasteiger partial charge in [-0.15, -0.1) is 0 Å². The van der Waals surface area contributed by atoms with Crippen LogP contribution in [0.1, 0.15) is 11.3 Å². The van der Waals surface area contributed by atoms with Crippen molar-refractivity contribution in [3.63, 3.8) is 0 Å². The second-order valence-electron chi connectivity index (χ2n) is 3.65. The van der Waals surface area contributed by atoms with E-state index in [2.05, 4.69) is 34.6 Å². The first-order valence-electron chi connectivity index (χ1n) is 5.02. The Bertz CT molecular complexity index is 471. The molecule has 3 heteroatoms. The molecule has 0 saturated carbocycles. The van der Waals surface area contributed by atoms with E-state index in [9.17, 15) is 0 Å². The smallest absolute Gasteiger partial charge is 0.0953 e. The Labute approximate surface area is 89.5 Å². The minimum atomic E-state index is 1.03. The number of nitrogens with one attached hydrogen (secondary N) is 2. The largest absolute Gasteiger partial charge is 0.388 e. The lowest BCUT2D eigenvalue weighted by atomic mass is 10.1. The maximum Gasteiger partial charge on any atom is 0.0953 e. The summed E-state index contributed by atoms with van der Waals surface area (Å²) >= 11 is 0. The van der Waals surface area contributed by atoms with Crippen LogP contribution in [0.3, 0.4) is 0 Å². The molecule has 1 heterocycles. The molecular weight excluding hydrogens is 186 g/mol. The molecule has 0 aliphatic rings. The minimum Gasteiger partial charge on any atom is -0.388 e. The van der Waals surface area contributed by atoms with Crippen LogP contribution in [-0.2, 0) is 0 Å². The van der Waals surface area contributed by atoms with Gasteiger partial charge >= 0.3 is 0 Å². The third-order valence-corrected chi connectivity index (χ3v) is 2.68. The molecule has 0 radical (unpaired) electrons. The molecule has 0 aliphatic heterocycles. The highest BCUT2D eigenvalue weighted by atomic mass is 15.1. The van der Waals surface area contributed by atoms with Crippen molar-refractivity contribution in [3.05, 3.63) is 35.5 Å². The van der Waals surface area contributed by atoms with Crippen molar-refractivity contribution in [2.24, 2.45) is 0 Å². The maximum atomic E-state index is 4.31. The minimum absolute atomic E-state index is 1.03. The fraction of sp³-hybridized carbons (Fsp3) is 0.250. The first kappa shape index (κ1) is 9.77. The van der Waals surface area contributed by atoms with Crippen LogP contribution in [-0.4, -0.2) is 17.2 Å². The summed E-state index contributed by atoms with van der Waals surface area (Å²) in [6, 6.07) is 8.25. The van der Waals surface area contributed by atoms with E-state index in [1.165, 1.54) is 5.56 Å². The average molecular weight is 201 g/mol. The number of rotatable bonds is 2. The van der Waals surface area contributed by atoms with Gasteiger partial charge in [-0.25, -0.2) is 0 Å². The molecule has 0 fully saturated rings. The molecule has 15 heavy (non-hydrogen) atoms. The van der Waals surface area contributed by atoms with Gasteiger partial charge in [0.05, 0.1) is 5.69 Å². The topological polar surface area (TPSA) is 40.7 Å². The van der Waals surface area contributed by atoms with Gasteiger partial charge in [0.25, 0.3) is 0 Å². The second-order valence-corrected chi connectivity index (χ2v) is 3.65. The highest BCUT2D eigenvalue weighted by molar-refractivity contribution is 5.67. The Balaban J connectivity index is 2.49. The lowest BCUT2D eigenvalue weighted by molar-refractivity contribution is 1.05. The average Bonchev–Trinajstić information content (AvgIpc) is 2.60. The molecule has 2 rings (SSSR count). The third-order valence-electron chi connectivity index (χ3n) is 2.68. The predicted molar refractivity (Wildman–Crippen MR) is 63.0 cm³/mol. The van der Waals surface area contributed by atoms with Gasteiger partial charge in [0, 0.05) is 24.0 Å². The zero-order valence-corrected chi connectivity index (χ0v) is 9.26. The number of hydrogen-bond acceptors (Lipinski definition) is 2. The van der Waals surface area contributed by atoms with E-state index in [0.717, 1.165) is 22.6 Å². The Morgan fingerprint density at radius 2 is 2.07 bits per heavy atom. The molecule has 1 aromatic carbocycles. The third kappa shape index (κ3) is 1.73. The highest BCUT2D eigenvalue weighted by Gasteiger charge is 2.07. The molecule has 0 aliphatic carbocycles. The van der Waals surface area contributed by atoms with Gasteiger partial charge in [-0.05, 0) is 31.5 Å². The highest BCUT2D eigenvalue weighted by Crippen LogP contribution is 2.24. The summed E-state index contributed by atoms with van der Waals surface area (Å²) in [6.07, 6.45) is 0. The van der Waals surface area contributed by atoms with Gasteiger partial charge in [0.2, 0.25) is 0 Å². The van der Waals surface area contributed by atoms with Gasteiger partial charge in [-0.3, -0.25) is 5.10 Å². The van der Waals surface area contributed by atoms with Crippen molar-refractivity contribution in [3.8, 4) is 11.3 Å². The Kier molecular flexibility index (Phi) is 2.46. The number of aromatic nitrogens is 2. The summed E-state index contributed by atoms with van der Waals surface area (Å²) in [7, 11) is 1.92. The lowest BCUT2D eigenvalue weighted by Crippen LogP contribution is -1.88. The monoisotopic (exact) mass is 201 g/mol. The summed E-state index contributed by atoms with van der Waals surface area (Å²) in [5.74, 6) is 0. The molecule has 2 N–H and O–H groups in total. The summed E-state index contributed by atoms with van der Waals surface area (Å²) in [5.41, 5.74) is 5.61. The standard InChI is InChI=1S/C12H15N3/c1-8-9(2)14-15-12(8)10-5-4-6-11(7-10)13-3/h4-7,13H,1-3H3,(H,14,15). The Hall–Kier alpha value is -1.77. The zero-order valence-electron chi connectivity index (χ0n) is 9.26. The molecule has 3 nitrogen and oxygen atoms in total. The normalized spacial score (nSPS) is 10.3. The lowest BCUT2D eigenvalue weighted by Gasteiger charge is -2.03. The van der Waals surface area contributed by atoms with Gasteiger partial charge in [0.15, 0.2) is 0 Å². The number of benzene rings is 1. The number of hydrogen-bond donors (Lipinski definition) is 2. The zero-order chi connectivity index (χ0) is 10.8. The maximum absolute atomic E-state index is 4.31. The van der Waals surface area contributed by atoms with Gasteiger partial charge in [-0.1, -0.05) is 12.1 Å². The molecule has 2 aromatic rings. The SMILES string of the molecule is CNc1cccc(-c2n[nH]c(C)c2C)c1. The first-order chi connectivity index (χ1) is 7.22. The number of anilines is 1. The van der Waals surface area contributed by atoms with E-state index in [-0.39, 0.29) is 0 Å². The van der Waals surface area contributed by atoms with E-state index in [0.29, 0.717) is 0 Å². The summed E-state index contributed by atoms with van der Waals surface area (Å²) in [6.45, 7) is 4.12. The van der Waals surface area contributed by atoms with Gasteiger partial charge < -0.3 is 5.32 Å². The van der Waals surface area contributed by atoms with Crippen LogP contribution in [0.2, 0.25) is 0 Å². The van der Waals surface area contributed by atoms with Crippen molar-refractivity contribution in [2.45, 2.75) is 13.8 Å². The number of nitrogens with zero attached hydrogens (tertiary/aromatic N) is 1. The van der Waals surface area contributed by atoms with E-state index >= 15 is 0 Å². The van der Waals surface area contributed by atoms with Crippen molar-refractivity contribution in [2.75, 3.05) is 12.4 Å². The van der Waals surface area contributed by atoms with Crippen LogP contribution >= 0.6 is 0 Å². The Morgan fingerprint density at radius 3 is 2.67 bits per heavy atom. The predicted octanol–water partition coefficient (Wildman–Crippen LogP) is 2.74. The molecule has 0 amide bonds. The van der Waals surface area contributed by atoms with E-state index in [1.807, 2.05) is 26.1 Å². The molecule has 0 saturated heterocycles. The van der Waals surface area contributed by atoms with Crippen LogP contribution in [0.25, 0.3) is 11.3 Å². The molecule has 0 bridgehead atoms.